The van der Waals surface area contributed by atoms with Gasteiger partial charge in [-0.05, 0) is 48.8 Å². The van der Waals surface area contributed by atoms with Crippen LogP contribution >= 0.6 is 0 Å². The highest BCUT2D eigenvalue weighted by atomic mass is 32.2. The maximum Gasteiger partial charge on any atom is 0.240 e. The lowest BCUT2D eigenvalue weighted by atomic mass is 10.2. The molecule has 0 aliphatic heterocycles. The molecule has 0 saturated carbocycles. The van der Waals surface area contributed by atoms with Gasteiger partial charge in [-0.2, -0.15) is 0 Å². The highest BCUT2D eigenvalue weighted by Crippen LogP contribution is 2.31. The van der Waals surface area contributed by atoms with Gasteiger partial charge >= 0.3 is 0 Å². The molecule has 1 aromatic carbocycles. The minimum Gasteiger partial charge on any atom is -0.299 e. The molecule has 0 aliphatic rings. The first-order valence-electron chi connectivity index (χ1n) is 8.05. The van der Waals surface area contributed by atoms with Crippen LogP contribution in [0.2, 0.25) is 0 Å². The SMILES string of the molecule is CC(C)CCS(=O)(=O)N(c1ccc(F)cc1)c1ncncc1/C=C/C=O. The van der Waals surface area contributed by atoms with E-state index in [0.717, 1.165) is 4.31 Å². The lowest BCUT2D eigenvalue weighted by Crippen LogP contribution is -2.30. The molecule has 6 nitrogen and oxygen atoms in total. The first kappa shape index (κ1) is 19.7. The molecule has 26 heavy (non-hydrogen) atoms. The summed E-state index contributed by atoms with van der Waals surface area (Å²) >= 11 is 0. The zero-order chi connectivity index (χ0) is 19.2. The minimum absolute atomic E-state index is 0.0944. The predicted octanol–water partition coefficient (Wildman–Crippen LogP) is 3.34. The van der Waals surface area contributed by atoms with Crippen molar-refractivity contribution in [2.75, 3.05) is 10.1 Å². The molecule has 2 aromatic rings. The quantitative estimate of drug-likeness (QED) is 0.521. The Kier molecular flexibility index (Phi) is 6.57. The summed E-state index contributed by atoms with van der Waals surface area (Å²) in [6.45, 7) is 3.86. The second-order valence-corrected chi connectivity index (χ2v) is 7.97. The number of benzene rings is 1. The Bertz CT molecular complexity index is 881. The molecule has 138 valence electrons. The average molecular weight is 377 g/mol. The topological polar surface area (TPSA) is 80.2 Å². The summed E-state index contributed by atoms with van der Waals surface area (Å²) in [6.07, 6.45) is 6.33. The van der Waals surface area contributed by atoms with Gasteiger partial charge < -0.3 is 0 Å². The Hall–Kier alpha value is -2.61. The second-order valence-electron chi connectivity index (χ2n) is 6.04. The van der Waals surface area contributed by atoms with Gasteiger partial charge in [0, 0.05) is 11.8 Å². The van der Waals surface area contributed by atoms with Crippen molar-refractivity contribution >= 4 is 33.9 Å². The van der Waals surface area contributed by atoms with Crippen molar-refractivity contribution < 1.29 is 17.6 Å². The number of anilines is 2. The van der Waals surface area contributed by atoms with Crippen molar-refractivity contribution in [3.63, 3.8) is 0 Å². The standard InChI is InChI=1S/C18H20FN3O3S/c1-14(2)9-11-26(24,25)22(17-7-5-16(19)6-8-17)18-15(4-3-10-23)12-20-13-21-18/h3-8,10,12-14H,9,11H2,1-2H3/b4-3+. The number of carbonyl (C=O) groups is 1. The maximum absolute atomic E-state index is 13.3. The van der Waals surface area contributed by atoms with Crippen LogP contribution in [0.1, 0.15) is 25.8 Å². The van der Waals surface area contributed by atoms with Gasteiger partial charge in [-0.15, -0.1) is 0 Å². The Morgan fingerprint density at radius 3 is 2.54 bits per heavy atom. The van der Waals surface area contributed by atoms with E-state index in [4.69, 9.17) is 0 Å². The number of hydrogen-bond donors (Lipinski definition) is 0. The van der Waals surface area contributed by atoms with Crippen molar-refractivity contribution in [3.05, 3.63) is 54.2 Å². The van der Waals surface area contributed by atoms with Crippen LogP contribution < -0.4 is 4.31 Å². The van der Waals surface area contributed by atoms with E-state index >= 15 is 0 Å². The number of halogens is 1. The van der Waals surface area contributed by atoms with Crippen LogP contribution in [-0.4, -0.2) is 30.4 Å². The van der Waals surface area contributed by atoms with Gasteiger partial charge in [0.05, 0.1) is 11.4 Å². The van der Waals surface area contributed by atoms with Crippen LogP contribution in [0.4, 0.5) is 15.9 Å². The van der Waals surface area contributed by atoms with Gasteiger partial charge in [-0.3, -0.25) is 4.79 Å². The fraction of sp³-hybridized carbons (Fsp3) is 0.278. The first-order valence-corrected chi connectivity index (χ1v) is 9.66. The highest BCUT2D eigenvalue weighted by Gasteiger charge is 2.27. The average Bonchev–Trinajstić information content (AvgIpc) is 2.61. The number of hydrogen-bond acceptors (Lipinski definition) is 5. The fourth-order valence-corrected chi connectivity index (χ4v) is 4.04. The third kappa shape index (κ3) is 4.95. The molecule has 0 aliphatic carbocycles. The molecule has 8 heteroatoms. The zero-order valence-corrected chi connectivity index (χ0v) is 15.4. The van der Waals surface area contributed by atoms with Gasteiger partial charge in [0.1, 0.15) is 18.4 Å². The molecule has 1 heterocycles. The number of aldehydes is 1. The fourth-order valence-electron chi connectivity index (χ4n) is 2.23. The maximum atomic E-state index is 13.3. The summed E-state index contributed by atoms with van der Waals surface area (Å²) in [5, 5.41) is 0. The van der Waals surface area contributed by atoms with E-state index in [0.29, 0.717) is 18.3 Å². The Morgan fingerprint density at radius 2 is 1.92 bits per heavy atom. The molecule has 0 spiro atoms. The molecule has 0 atom stereocenters. The monoisotopic (exact) mass is 377 g/mol. The lowest BCUT2D eigenvalue weighted by Gasteiger charge is -2.25. The van der Waals surface area contributed by atoms with E-state index in [-0.39, 0.29) is 23.2 Å². The number of rotatable bonds is 8. The summed E-state index contributed by atoms with van der Waals surface area (Å²) in [5.74, 6) is -0.270. The number of nitrogens with zero attached hydrogens (tertiary/aromatic N) is 3. The van der Waals surface area contributed by atoms with E-state index in [1.165, 1.54) is 48.9 Å². The van der Waals surface area contributed by atoms with E-state index < -0.39 is 15.8 Å². The zero-order valence-electron chi connectivity index (χ0n) is 14.5. The number of aromatic nitrogens is 2. The summed E-state index contributed by atoms with van der Waals surface area (Å²) in [5.41, 5.74) is 0.617. The first-order chi connectivity index (χ1) is 12.3. The van der Waals surface area contributed by atoms with Crippen molar-refractivity contribution in [2.45, 2.75) is 20.3 Å². The molecule has 0 N–H and O–H groups in total. The molecular weight excluding hydrogens is 357 g/mol. The van der Waals surface area contributed by atoms with Crippen LogP contribution in [0.5, 0.6) is 0 Å². The Labute approximate surface area is 152 Å². The molecule has 0 bridgehead atoms. The molecule has 1 aromatic heterocycles. The largest absolute Gasteiger partial charge is 0.299 e. The normalized spacial score (nSPS) is 11.8. The third-order valence-electron chi connectivity index (χ3n) is 3.56. The summed E-state index contributed by atoms with van der Waals surface area (Å²) in [6, 6.07) is 5.11. The Morgan fingerprint density at radius 1 is 1.23 bits per heavy atom. The lowest BCUT2D eigenvalue weighted by molar-refractivity contribution is -0.104. The summed E-state index contributed by atoms with van der Waals surface area (Å²) in [4.78, 5) is 18.6. The summed E-state index contributed by atoms with van der Waals surface area (Å²) < 4.78 is 40.4. The van der Waals surface area contributed by atoms with E-state index in [2.05, 4.69) is 9.97 Å². The van der Waals surface area contributed by atoms with Crippen molar-refractivity contribution in [1.82, 2.24) is 9.97 Å². The predicted molar refractivity (Wildman–Crippen MR) is 98.9 cm³/mol. The summed E-state index contributed by atoms with van der Waals surface area (Å²) in [7, 11) is -3.79. The molecule has 2 rings (SSSR count). The molecule has 0 radical (unpaired) electrons. The van der Waals surface area contributed by atoms with Gasteiger partial charge in [0.15, 0.2) is 5.82 Å². The van der Waals surface area contributed by atoms with Crippen LogP contribution in [0.25, 0.3) is 6.08 Å². The smallest absolute Gasteiger partial charge is 0.240 e. The molecule has 0 fully saturated rings. The van der Waals surface area contributed by atoms with Crippen LogP contribution in [0.15, 0.2) is 42.9 Å². The van der Waals surface area contributed by atoms with Crippen molar-refractivity contribution in [2.24, 2.45) is 5.92 Å². The number of sulfonamides is 1. The number of allylic oxidation sites excluding steroid dienone is 1. The molecule has 0 saturated heterocycles. The van der Waals surface area contributed by atoms with Gasteiger partial charge in [-0.1, -0.05) is 13.8 Å². The van der Waals surface area contributed by atoms with Crippen molar-refractivity contribution in [3.8, 4) is 0 Å². The molecule has 0 amide bonds. The Balaban J connectivity index is 2.60. The minimum atomic E-state index is -3.79. The molecule has 0 unspecified atom stereocenters. The van der Waals surface area contributed by atoms with Crippen LogP contribution in [0, 0.1) is 11.7 Å². The second kappa shape index (κ2) is 8.66. The van der Waals surface area contributed by atoms with Gasteiger partial charge in [-0.25, -0.2) is 27.1 Å². The highest BCUT2D eigenvalue weighted by molar-refractivity contribution is 7.93. The molecular formula is C18H20FN3O3S. The van der Waals surface area contributed by atoms with Crippen LogP contribution in [0.3, 0.4) is 0 Å². The van der Waals surface area contributed by atoms with Gasteiger partial charge in [0.2, 0.25) is 10.0 Å². The van der Waals surface area contributed by atoms with E-state index in [1.807, 2.05) is 13.8 Å². The van der Waals surface area contributed by atoms with Crippen molar-refractivity contribution in [1.29, 1.82) is 0 Å². The van der Waals surface area contributed by atoms with Gasteiger partial charge in [0.25, 0.3) is 0 Å². The number of carbonyl (C=O) groups excluding carboxylic acids is 1. The third-order valence-corrected chi connectivity index (χ3v) is 5.25. The van der Waals surface area contributed by atoms with E-state index in [9.17, 15) is 17.6 Å². The van der Waals surface area contributed by atoms with Crippen LogP contribution in [-0.2, 0) is 14.8 Å². The van der Waals surface area contributed by atoms with E-state index in [1.54, 1.807) is 0 Å².